The molecule has 0 fully saturated rings. The summed E-state index contributed by atoms with van der Waals surface area (Å²) in [5.41, 5.74) is 5.38. The molecule has 0 bridgehead atoms. The molecule has 0 unspecified atom stereocenters. The Bertz CT molecular complexity index is 695. The van der Waals surface area contributed by atoms with Crippen molar-refractivity contribution in [3.8, 4) is 0 Å². The average molecular weight is 347 g/mol. The number of nitrogen functional groups attached to an aromatic ring is 1. The summed E-state index contributed by atoms with van der Waals surface area (Å²) in [6.07, 6.45) is -3.69. The summed E-state index contributed by atoms with van der Waals surface area (Å²) in [6.45, 7) is -0.0120. The van der Waals surface area contributed by atoms with Crippen molar-refractivity contribution in [3.05, 3.63) is 62.5 Å². The Morgan fingerprint density at radius 1 is 1.20 bits per heavy atom. The van der Waals surface area contributed by atoms with Crippen molar-refractivity contribution in [1.29, 1.82) is 0 Å². The molecule has 0 aliphatic heterocycles. The van der Waals surface area contributed by atoms with E-state index in [0.717, 1.165) is 27.4 Å². The lowest BCUT2D eigenvalue weighted by atomic mass is 10.1. The first-order valence-corrected chi connectivity index (χ1v) is 6.38. The van der Waals surface area contributed by atoms with Crippen LogP contribution in [-0.2, 0) is 12.7 Å². The van der Waals surface area contributed by atoms with E-state index in [9.17, 15) is 18.0 Å². The standard InChI is InChI=1S/C13H10BrF3N2O/c14-10-3-1-8(11(18)5-10)6-19-7-9(13(15,16)17)2-4-12(19)20/h1-5,7H,6,18H2. The van der Waals surface area contributed by atoms with Crippen LogP contribution < -0.4 is 11.3 Å². The second-order valence-corrected chi connectivity index (χ2v) is 5.14. The lowest BCUT2D eigenvalue weighted by molar-refractivity contribution is -0.138. The van der Waals surface area contributed by atoms with E-state index in [2.05, 4.69) is 15.9 Å². The van der Waals surface area contributed by atoms with E-state index in [1.54, 1.807) is 18.2 Å². The first-order valence-electron chi connectivity index (χ1n) is 5.59. The van der Waals surface area contributed by atoms with Gasteiger partial charge in [-0.25, -0.2) is 0 Å². The number of alkyl halides is 3. The molecule has 0 radical (unpaired) electrons. The zero-order valence-corrected chi connectivity index (χ0v) is 11.7. The molecule has 0 aliphatic carbocycles. The third-order valence-electron chi connectivity index (χ3n) is 2.76. The molecule has 0 saturated heterocycles. The van der Waals surface area contributed by atoms with Crippen LogP contribution in [0.15, 0.2) is 45.8 Å². The van der Waals surface area contributed by atoms with Crippen molar-refractivity contribution in [3.63, 3.8) is 0 Å². The number of anilines is 1. The van der Waals surface area contributed by atoms with Gasteiger partial charge < -0.3 is 10.3 Å². The van der Waals surface area contributed by atoms with Gasteiger partial charge in [0, 0.05) is 22.4 Å². The zero-order chi connectivity index (χ0) is 14.9. The van der Waals surface area contributed by atoms with E-state index in [-0.39, 0.29) is 6.54 Å². The van der Waals surface area contributed by atoms with Gasteiger partial charge in [0.05, 0.1) is 12.1 Å². The fourth-order valence-electron chi connectivity index (χ4n) is 1.72. The molecule has 7 heteroatoms. The predicted octanol–water partition coefficient (Wildman–Crippen LogP) is 3.26. The number of nitrogens with zero attached hydrogens (tertiary/aromatic N) is 1. The van der Waals surface area contributed by atoms with Gasteiger partial charge >= 0.3 is 6.18 Å². The van der Waals surface area contributed by atoms with Crippen LogP contribution in [0.4, 0.5) is 18.9 Å². The molecule has 0 atom stereocenters. The lowest BCUT2D eigenvalue weighted by Gasteiger charge is -2.12. The summed E-state index contributed by atoms with van der Waals surface area (Å²) in [5, 5.41) is 0. The summed E-state index contributed by atoms with van der Waals surface area (Å²) in [7, 11) is 0. The number of nitrogens with two attached hydrogens (primary N) is 1. The number of pyridine rings is 1. The van der Waals surface area contributed by atoms with Gasteiger partial charge in [-0.1, -0.05) is 22.0 Å². The molecular formula is C13H10BrF3N2O. The van der Waals surface area contributed by atoms with Gasteiger partial charge in [-0.15, -0.1) is 0 Å². The first-order chi connectivity index (χ1) is 9.27. The van der Waals surface area contributed by atoms with Gasteiger partial charge in [-0.3, -0.25) is 4.79 Å². The van der Waals surface area contributed by atoms with Gasteiger partial charge in [0.25, 0.3) is 5.56 Å². The second kappa shape index (κ2) is 5.32. The van der Waals surface area contributed by atoms with Crippen LogP contribution in [0.3, 0.4) is 0 Å². The maximum absolute atomic E-state index is 12.6. The molecule has 2 aromatic rings. The minimum Gasteiger partial charge on any atom is -0.398 e. The Balaban J connectivity index is 2.40. The third kappa shape index (κ3) is 3.22. The molecule has 20 heavy (non-hydrogen) atoms. The van der Waals surface area contributed by atoms with E-state index in [0.29, 0.717) is 11.3 Å². The van der Waals surface area contributed by atoms with Crippen LogP contribution in [0.2, 0.25) is 0 Å². The van der Waals surface area contributed by atoms with Crippen molar-refractivity contribution < 1.29 is 13.2 Å². The molecule has 2 rings (SSSR count). The predicted molar refractivity (Wildman–Crippen MR) is 73.4 cm³/mol. The lowest BCUT2D eigenvalue weighted by Crippen LogP contribution is -2.22. The quantitative estimate of drug-likeness (QED) is 0.848. The second-order valence-electron chi connectivity index (χ2n) is 4.22. The molecule has 2 N–H and O–H groups in total. The van der Waals surface area contributed by atoms with Gasteiger partial charge in [0.15, 0.2) is 0 Å². The largest absolute Gasteiger partial charge is 0.417 e. The summed E-state index contributed by atoms with van der Waals surface area (Å²) >= 11 is 3.24. The summed E-state index contributed by atoms with van der Waals surface area (Å²) in [6, 6.07) is 6.67. The average Bonchev–Trinajstić information content (AvgIpc) is 2.33. The normalized spacial score (nSPS) is 11.6. The van der Waals surface area contributed by atoms with E-state index in [1.165, 1.54) is 0 Å². The SMILES string of the molecule is Nc1cc(Br)ccc1Cn1cc(C(F)(F)F)ccc1=O. The molecule has 0 saturated carbocycles. The van der Waals surface area contributed by atoms with Crippen LogP contribution in [0.25, 0.3) is 0 Å². The summed E-state index contributed by atoms with van der Waals surface area (Å²) in [4.78, 5) is 11.6. The fourth-order valence-corrected chi connectivity index (χ4v) is 2.09. The minimum atomic E-state index is -4.49. The summed E-state index contributed by atoms with van der Waals surface area (Å²) < 4.78 is 39.6. The molecule has 1 aromatic carbocycles. The Morgan fingerprint density at radius 2 is 1.90 bits per heavy atom. The maximum Gasteiger partial charge on any atom is 0.417 e. The van der Waals surface area contributed by atoms with Crippen LogP contribution in [0, 0.1) is 0 Å². The maximum atomic E-state index is 12.6. The third-order valence-corrected chi connectivity index (χ3v) is 3.25. The van der Waals surface area contributed by atoms with Crippen LogP contribution in [0.5, 0.6) is 0 Å². The van der Waals surface area contributed by atoms with Gasteiger partial charge in [-0.05, 0) is 23.8 Å². The van der Waals surface area contributed by atoms with Crippen LogP contribution in [-0.4, -0.2) is 4.57 Å². The molecule has 1 heterocycles. The highest BCUT2D eigenvalue weighted by Crippen LogP contribution is 2.28. The highest BCUT2D eigenvalue weighted by molar-refractivity contribution is 9.10. The van der Waals surface area contributed by atoms with Crippen molar-refractivity contribution >= 4 is 21.6 Å². The van der Waals surface area contributed by atoms with Crippen molar-refractivity contribution in [1.82, 2.24) is 4.57 Å². The minimum absolute atomic E-state index is 0.0120. The molecule has 0 aliphatic rings. The Kier molecular flexibility index (Phi) is 3.89. The number of aromatic nitrogens is 1. The summed E-state index contributed by atoms with van der Waals surface area (Å²) in [5.74, 6) is 0. The molecule has 106 valence electrons. The Morgan fingerprint density at radius 3 is 2.50 bits per heavy atom. The molecule has 3 nitrogen and oxygen atoms in total. The van der Waals surface area contributed by atoms with Crippen molar-refractivity contribution in [2.75, 3.05) is 5.73 Å². The highest BCUT2D eigenvalue weighted by atomic mass is 79.9. The number of hydrogen-bond donors (Lipinski definition) is 1. The zero-order valence-electron chi connectivity index (χ0n) is 10.1. The topological polar surface area (TPSA) is 48.0 Å². The van der Waals surface area contributed by atoms with Gasteiger partial charge in [0.1, 0.15) is 0 Å². The number of rotatable bonds is 2. The fraction of sp³-hybridized carbons (Fsp3) is 0.154. The number of halogens is 4. The Hall–Kier alpha value is -1.76. The highest BCUT2D eigenvalue weighted by Gasteiger charge is 2.31. The van der Waals surface area contributed by atoms with E-state index in [1.807, 2.05) is 0 Å². The Labute approximate surface area is 121 Å². The number of hydrogen-bond acceptors (Lipinski definition) is 2. The van der Waals surface area contributed by atoms with Crippen LogP contribution in [0.1, 0.15) is 11.1 Å². The van der Waals surface area contributed by atoms with E-state index >= 15 is 0 Å². The van der Waals surface area contributed by atoms with Gasteiger partial charge in [-0.2, -0.15) is 13.2 Å². The molecule has 0 amide bonds. The van der Waals surface area contributed by atoms with Gasteiger partial charge in [0.2, 0.25) is 0 Å². The van der Waals surface area contributed by atoms with Crippen molar-refractivity contribution in [2.45, 2.75) is 12.7 Å². The van der Waals surface area contributed by atoms with E-state index < -0.39 is 17.3 Å². The smallest absolute Gasteiger partial charge is 0.398 e. The van der Waals surface area contributed by atoms with E-state index in [4.69, 9.17) is 5.73 Å². The first kappa shape index (κ1) is 14.6. The molecule has 1 aromatic heterocycles. The molecule has 0 spiro atoms. The monoisotopic (exact) mass is 346 g/mol. The van der Waals surface area contributed by atoms with Crippen LogP contribution >= 0.6 is 15.9 Å². The molecular weight excluding hydrogens is 337 g/mol. The van der Waals surface area contributed by atoms with Crippen molar-refractivity contribution in [2.24, 2.45) is 0 Å². The number of benzene rings is 1.